The van der Waals surface area contributed by atoms with Crippen molar-refractivity contribution in [2.24, 2.45) is 5.73 Å². The molecule has 2 atom stereocenters. The first-order valence-corrected chi connectivity index (χ1v) is 7.40. The zero-order valence-corrected chi connectivity index (χ0v) is 11.6. The molecule has 1 heterocycles. The normalized spacial score (nSPS) is 28.4. The fourth-order valence-electron chi connectivity index (χ4n) is 3.50. The highest BCUT2D eigenvalue weighted by Gasteiger charge is 2.27. The lowest BCUT2D eigenvalue weighted by Gasteiger charge is -2.41. The summed E-state index contributed by atoms with van der Waals surface area (Å²) in [6.45, 7) is 9.47. The molecule has 1 aliphatic carbocycles. The zero-order chi connectivity index (χ0) is 12.3. The lowest BCUT2D eigenvalue weighted by atomic mass is 10.1. The lowest BCUT2D eigenvalue weighted by Crippen LogP contribution is -2.52. The molecule has 2 aliphatic rings. The Morgan fingerprint density at radius 2 is 1.65 bits per heavy atom. The van der Waals surface area contributed by atoms with Crippen molar-refractivity contribution in [2.75, 3.05) is 26.2 Å². The Balaban J connectivity index is 1.73. The molecular formula is C14H29N3. The molecule has 100 valence electrons. The minimum absolute atomic E-state index is 0.331. The van der Waals surface area contributed by atoms with Crippen LogP contribution in [-0.4, -0.2) is 54.1 Å². The van der Waals surface area contributed by atoms with E-state index in [2.05, 4.69) is 23.6 Å². The van der Waals surface area contributed by atoms with Gasteiger partial charge in [0.15, 0.2) is 0 Å². The van der Waals surface area contributed by atoms with Gasteiger partial charge in [-0.1, -0.05) is 12.8 Å². The van der Waals surface area contributed by atoms with E-state index in [0.29, 0.717) is 12.1 Å². The van der Waals surface area contributed by atoms with Gasteiger partial charge in [0.05, 0.1) is 0 Å². The van der Waals surface area contributed by atoms with Crippen molar-refractivity contribution < 1.29 is 0 Å². The Morgan fingerprint density at radius 3 is 2.18 bits per heavy atom. The molecule has 1 aliphatic heterocycles. The molecule has 1 saturated heterocycles. The molecule has 0 aromatic rings. The van der Waals surface area contributed by atoms with Crippen LogP contribution in [0.4, 0.5) is 0 Å². The quantitative estimate of drug-likeness (QED) is 0.810. The summed E-state index contributed by atoms with van der Waals surface area (Å²) < 4.78 is 0. The summed E-state index contributed by atoms with van der Waals surface area (Å²) in [5.41, 5.74) is 5.89. The number of hydrogen-bond acceptors (Lipinski definition) is 3. The van der Waals surface area contributed by atoms with Crippen molar-refractivity contribution in [2.45, 2.75) is 64.1 Å². The van der Waals surface area contributed by atoms with Crippen molar-refractivity contribution in [1.82, 2.24) is 9.80 Å². The molecule has 2 fully saturated rings. The highest BCUT2D eigenvalue weighted by atomic mass is 15.3. The van der Waals surface area contributed by atoms with Crippen LogP contribution >= 0.6 is 0 Å². The Morgan fingerprint density at radius 1 is 1.06 bits per heavy atom. The maximum atomic E-state index is 5.89. The molecule has 2 unspecified atom stereocenters. The predicted molar refractivity (Wildman–Crippen MR) is 73.1 cm³/mol. The van der Waals surface area contributed by atoms with Crippen LogP contribution in [0.25, 0.3) is 0 Å². The molecule has 0 aromatic heterocycles. The third kappa shape index (κ3) is 3.67. The number of rotatable bonds is 4. The highest BCUT2D eigenvalue weighted by molar-refractivity contribution is 4.84. The highest BCUT2D eigenvalue weighted by Crippen LogP contribution is 2.24. The molecule has 0 spiro atoms. The van der Waals surface area contributed by atoms with E-state index >= 15 is 0 Å². The maximum absolute atomic E-state index is 5.89. The van der Waals surface area contributed by atoms with Crippen LogP contribution < -0.4 is 5.73 Å². The van der Waals surface area contributed by atoms with Gasteiger partial charge in [0.2, 0.25) is 0 Å². The molecule has 0 radical (unpaired) electrons. The first kappa shape index (κ1) is 13.3. The molecular weight excluding hydrogens is 210 g/mol. The lowest BCUT2D eigenvalue weighted by molar-refractivity contribution is 0.0712. The van der Waals surface area contributed by atoms with E-state index in [4.69, 9.17) is 5.73 Å². The molecule has 0 bridgehead atoms. The van der Waals surface area contributed by atoms with Crippen LogP contribution in [0.5, 0.6) is 0 Å². The summed E-state index contributed by atoms with van der Waals surface area (Å²) >= 11 is 0. The fraction of sp³-hybridized carbons (Fsp3) is 1.00. The number of piperazine rings is 1. The average Bonchev–Trinajstić information content (AvgIpc) is 2.82. The Kier molecular flexibility index (Phi) is 4.83. The van der Waals surface area contributed by atoms with E-state index in [1.165, 1.54) is 51.9 Å². The smallest absolute Gasteiger partial charge is 0.0113 e. The summed E-state index contributed by atoms with van der Waals surface area (Å²) in [6, 6.07) is 1.89. The fourth-order valence-corrected chi connectivity index (χ4v) is 3.50. The van der Waals surface area contributed by atoms with Gasteiger partial charge in [-0.2, -0.15) is 0 Å². The minimum Gasteiger partial charge on any atom is -0.328 e. The van der Waals surface area contributed by atoms with E-state index in [-0.39, 0.29) is 0 Å². The van der Waals surface area contributed by atoms with E-state index in [9.17, 15) is 0 Å². The van der Waals surface area contributed by atoms with E-state index in [0.717, 1.165) is 12.5 Å². The molecule has 2 N–H and O–H groups in total. The van der Waals surface area contributed by atoms with Crippen molar-refractivity contribution in [3.63, 3.8) is 0 Å². The minimum atomic E-state index is 0.331. The van der Waals surface area contributed by atoms with Gasteiger partial charge in [-0.05, 0) is 33.1 Å². The molecule has 1 saturated carbocycles. The van der Waals surface area contributed by atoms with Crippen molar-refractivity contribution in [1.29, 1.82) is 0 Å². The van der Waals surface area contributed by atoms with E-state index in [1.54, 1.807) is 0 Å². The van der Waals surface area contributed by atoms with Gasteiger partial charge in [0, 0.05) is 44.3 Å². The van der Waals surface area contributed by atoms with E-state index < -0.39 is 0 Å². The summed E-state index contributed by atoms with van der Waals surface area (Å²) in [5.74, 6) is 0. The van der Waals surface area contributed by atoms with Gasteiger partial charge in [-0.15, -0.1) is 0 Å². The largest absolute Gasteiger partial charge is 0.328 e. The maximum Gasteiger partial charge on any atom is 0.0113 e. The molecule has 17 heavy (non-hydrogen) atoms. The van der Waals surface area contributed by atoms with Gasteiger partial charge in [-0.3, -0.25) is 9.80 Å². The third-order valence-corrected chi connectivity index (χ3v) is 4.53. The van der Waals surface area contributed by atoms with Gasteiger partial charge < -0.3 is 5.73 Å². The second-order valence-electron chi connectivity index (χ2n) is 6.07. The second kappa shape index (κ2) is 6.17. The topological polar surface area (TPSA) is 32.5 Å². The SMILES string of the molecule is CC(N)CC(C)N1CCN(C2CCCC2)CC1. The van der Waals surface area contributed by atoms with Crippen LogP contribution in [0.3, 0.4) is 0 Å². The van der Waals surface area contributed by atoms with Crippen LogP contribution in [0.1, 0.15) is 46.0 Å². The van der Waals surface area contributed by atoms with Crippen LogP contribution in [-0.2, 0) is 0 Å². The van der Waals surface area contributed by atoms with Crippen LogP contribution in [0.15, 0.2) is 0 Å². The Hall–Kier alpha value is -0.120. The number of nitrogens with two attached hydrogens (primary N) is 1. The first-order chi connectivity index (χ1) is 8.16. The van der Waals surface area contributed by atoms with Crippen molar-refractivity contribution in [3.05, 3.63) is 0 Å². The summed E-state index contributed by atoms with van der Waals surface area (Å²) in [6.07, 6.45) is 6.91. The van der Waals surface area contributed by atoms with Gasteiger partial charge in [-0.25, -0.2) is 0 Å². The summed E-state index contributed by atoms with van der Waals surface area (Å²) in [5, 5.41) is 0. The van der Waals surface area contributed by atoms with E-state index in [1.807, 2.05) is 0 Å². The van der Waals surface area contributed by atoms with Crippen LogP contribution in [0.2, 0.25) is 0 Å². The summed E-state index contributed by atoms with van der Waals surface area (Å²) in [4.78, 5) is 5.34. The number of nitrogens with zero attached hydrogens (tertiary/aromatic N) is 2. The summed E-state index contributed by atoms with van der Waals surface area (Å²) in [7, 11) is 0. The monoisotopic (exact) mass is 239 g/mol. The standard InChI is InChI=1S/C14H29N3/c1-12(15)11-13(2)16-7-9-17(10-8-16)14-5-3-4-6-14/h12-14H,3-11,15H2,1-2H3. The van der Waals surface area contributed by atoms with Crippen LogP contribution in [0, 0.1) is 0 Å². The molecule has 3 heteroatoms. The molecule has 0 aromatic carbocycles. The molecule has 3 nitrogen and oxygen atoms in total. The number of hydrogen-bond donors (Lipinski definition) is 1. The van der Waals surface area contributed by atoms with Gasteiger partial charge in [0.25, 0.3) is 0 Å². The van der Waals surface area contributed by atoms with Crippen molar-refractivity contribution >= 4 is 0 Å². The predicted octanol–water partition coefficient (Wildman–Crippen LogP) is 1.67. The second-order valence-corrected chi connectivity index (χ2v) is 6.07. The average molecular weight is 239 g/mol. The molecule has 2 rings (SSSR count). The van der Waals surface area contributed by atoms with Gasteiger partial charge >= 0.3 is 0 Å². The zero-order valence-electron chi connectivity index (χ0n) is 11.6. The Bertz CT molecular complexity index is 216. The molecule has 0 amide bonds. The van der Waals surface area contributed by atoms with Gasteiger partial charge in [0.1, 0.15) is 0 Å². The third-order valence-electron chi connectivity index (χ3n) is 4.53. The Labute approximate surface area is 106 Å². The first-order valence-electron chi connectivity index (χ1n) is 7.40. The van der Waals surface area contributed by atoms with Crippen molar-refractivity contribution in [3.8, 4) is 0 Å².